The number of carbonyl (C=O) groups is 3. The standard InChI is InChI=1S/C30H24Cl2F3N3O3S/c1-42-12-11-22-24-25(27(40)38(26(24)39)18-6-4-5-17(14-18)30(33,34)35)29(36-22)19-7-2-3-8-23(19)37(28(29)41)15-16-9-10-20(31)21(32)13-16/h2-10,13-14,22,24-25,36H,11-12,15H2,1H3/t22-,24+,25-,29-/m0/s1. The van der Waals surface area contributed by atoms with Gasteiger partial charge in [0.15, 0.2) is 0 Å². The van der Waals surface area contributed by atoms with E-state index in [2.05, 4.69) is 5.32 Å². The number of hydrogen-bond acceptors (Lipinski definition) is 5. The number of thioether (sulfide) groups is 1. The number of hydrogen-bond donors (Lipinski definition) is 1. The van der Waals surface area contributed by atoms with Gasteiger partial charge in [0.05, 0.1) is 39.7 Å². The van der Waals surface area contributed by atoms with E-state index in [9.17, 15) is 27.6 Å². The largest absolute Gasteiger partial charge is 0.416 e. The molecule has 1 spiro atoms. The van der Waals surface area contributed by atoms with E-state index in [0.29, 0.717) is 39.0 Å². The van der Waals surface area contributed by atoms with Crippen LogP contribution in [-0.2, 0) is 32.6 Å². The van der Waals surface area contributed by atoms with Crippen molar-refractivity contribution in [3.63, 3.8) is 0 Å². The number of nitrogens with zero attached hydrogens (tertiary/aromatic N) is 2. The molecule has 2 saturated heterocycles. The van der Waals surface area contributed by atoms with E-state index in [0.717, 1.165) is 17.0 Å². The number of rotatable bonds is 6. The summed E-state index contributed by atoms with van der Waals surface area (Å²) in [6.07, 6.45) is -2.28. The van der Waals surface area contributed by atoms with Gasteiger partial charge in [-0.05, 0) is 60.4 Å². The van der Waals surface area contributed by atoms with Gasteiger partial charge in [-0.1, -0.05) is 53.5 Å². The fourth-order valence-electron chi connectivity index (χ4n) is 6.49. The Bertz CT molecular complexity index is 1620. The maximum Gasteiger partial charge on any atom is 0.416 e. The minimum Gasteiger partial charge on any atom is -0.306 e. The van der Waals surface area contributed by atoms with Crippen molar-refractivity contribution in [2.24, 2.45) is 11.8 Å². The van der Waals surface area contributed by atoms with Crippen LogP contribution in [0.4, 0.5) is 24.5 Å². The Labute approximate surface area is 254 Å². The third kappa shape index (κ3) is 4.42. The molecule has 0 radical (unpaired) electrons. The van der Waals surface area contributed by atoms with Crippen molar-refractivity contribution in [3.05, 3.63) is 93.5 Å². The minimum atomic E-state index is -4.66. The van der Waals surface area contributed by atoms with E-state index < -0.39 is 52.9 Å². The number of para-hydroxylation sites is 1. The second-order valence-corrected chi connectivity index (χ2v) is 12.4. The molecular formula is C30H24Cl2F3N3O3S. The molecule has 218 valence electrons. The number of halogens is 5. The monoisotopic (exact) mass is 633 g/mol. The first-order chi connectivity index (χ1) is 20.0. The molecule has 12 heteroatoms. The zero-order valence-electron chi connectivity index (χ0n) is 22.1. The van der Waals surface area contributed by atoms with Gasteiger partial charge in [-0.15, -0.1) is 0 Å². The number of carbonyl (C=O) groups excluding carboxylic acids is 3. The van der Waals surface area contributed by atoms with Crippen LogP contribution < -0.4 is 15.1 Å². The van der Waals surface area contributed by atoms with Crippen molar-refractivity contribution in [3.8, 4) is 0 Å². The molecular weight excluding hydrogens is 610 g/mol. The van der Waals surface area contributed by atoms with Gasteiger partial charge in [0.25, 0.3) is 5.91 Å². The summed E-state index contributed by atoms with van der Waals surface area (Å²) in [5.41, 5.74) is -0.896. The van der Waals surface area contributed by atoms with E-state index in [-0.39, 0.29) is 12.2 Å². The number of alkyl halides is 3. The SMILES string of the molecule is CSCC[C@@H]1N[C@]2(C(=O)N(Cc3ccc(Cl)c(Cl)c3)c3ccccc32)[C@@H]2C(=O)N(c3cccc(C(F)(F)F)c3)C(=O)[C@H]12. The molecule has 4 atom stereocenters. The molecule has 0 aliphatic carbocycles. The predicted octanol–water partition coefficient (Wildman–Crippen LogP) is 6.29. The molecule has 3 heterocycles. The van der Waals surface area contributed by atoms with Crippen LogP contribution >= 0.6 is 35.0 Å². The maximum absolute atomic E-state index is 14.6. The van der Waals surface area contributed by atoms with Gasteiger partial charge in [-0.25, -0.2) is 4.90 Å². The highest BCUT2D eigenvalue weighted by Gasteiger charge is 2.71. The van der Waals surface area contributed by atoms with Crippen molar-refractivity contribution in [1.29, 1.82) is 0 Å². The molecule has 3 amide bonds. The number of fused-ring (bicyclic) bond motifs is 4. The first kappa shape index (κ1) is 29.0. The van der Waals surface area contributed by atoms with Gasteiger partial charge < -0.3 is 4.90 Å². The number of nitrogens with one attached hydrogen (secondary N) is 1. The van der Waals surface area contributed by atoms with Gasteiger partial charge in [0, 0.05) is 17.3 Å². The van der Waals surface area contributed by atoms with E-state index in [1.165, 1.54) is 12.1 Å². The average molecular weight is 635 g/mol. The summed E-state index contributed by atoms with van der Waals surface area (Å²) in [5.74, 6) is -3.19. The van der Waals surface area contributed by atoms with Crippen molar-refractivity contribution >= 4 is 64.1 Å². The van der Waals surface area contributed by atoms with E-state index >= 15 is 0 Å². The fourth-order valence-corrected chi connectivity index (χ4v) is 7.30. The van der Waals surface area contributed by atoms with Gasteiger partial charge in [0.1, 0.15) is 5.54 Å². The van der Waals surface area contributed by atoms with Gasteiger partial charge in [-0.3, -0.25) is 19.7 Å². The normalized spacial score (nSPS) is 25.1. The molecule has 6 nitrogen and oxygen atoms in total. The summed E-state index contributed by atoms with van der Waals surface area (Å²) < 4.78 is 40.6. The van der Waals surface area contributed by atoms with Crippen LogP contribution in [0.15, 0.2) is 66.7 Å². The third-order valence-electron chi connectivity index (χ3n) is 8.26. The lowest BCUT2D eigenvalue weighted by atomic mass is 9.76. The smallest absolute Gasteiger partial charge is 0.306 e. The van der Waals surface area contributed by atoms with Crippen molar-refractivity contribution in [1.82, 2.24) is 5.32 Å². The first-order valence-corrected chi connectivity index (χ1v) is 15.3. The van der Waals surface area contributed by atoms with Gasteiger partial charge in [0.2, 0.25) is 11.8 Å². The van der Waals surface area contributed by atoms with Crippen LogP contribution in [0, 0.1) is 11.8 Å². The second-order valence-electron chi connectivity index (χ2n) is 10.6. The van der Waals surface area contributed by atoms with E-state index in [1.807, 2.05) is 6.26 Å². The second kappa shape index (κ2) is 10.6. The zero-order valence-corrected chi connectivity index (χ0v) is 24.4. The highest BCUT2D eigenvalue weighted by molar-refractivity contribution is 7.98. The van der Waals surface area contributed by atoms with E-state index in [4.69, 9.17) is 23.2 Å². The average Bonchev–Trinajstić information content (AvgIpc) is 3.52. The quantitative estimate of drug-likeness (QED) is 0.323. The maximum atomic E-state index is 14.6. The molecule has 0 bridgehead atoms. The Kier molecular flexibility index (Phi) is 7.32. The Morgan fingerprint density at radius 3 is 2.43 bits per heavy atom. The molecule has 3 aromatic rings. The highest BCUT2D eigenvalue weighted by Crippen LogP contribution is 2.56. The molecule has 3 aromatic carbocycles. The molecule has 0 unspecified atom stereocenters. The molecule has 2 fully saturated rings. The third-order valence-corrected chi connectivity index (χ3v) is 9.64. The van der Waals surface area contributed by atoms with Crippen LogP contribution in [0.1, 0.15) is 23.1 Å². The zero-order chi connectivity index (χ0) is 30.0. The molecule has 3 aliphatic rings. The van der Waals surface area contributed by atoms with Crippen LogP contribution in [-0.4, -0.2) is 35.8 Å². The number of benzene rings is 3. The Morgan fingerprint density at radius 2 is 1.71 bits per heavy atom. The number of anilines is 2. The summed E-state index contributed by atoms with van der Waals surface area (Å²) in [4.78, 5) is 45.1. The lowest BCUT2D eigenvalue weighted by Crippen LogP contribution is -2.55. The van der Waals surface area contributed by atoms with Crippen LogP contribution in [0.5, 0.6) is 0 Å². The van der Waals surface area contributed by atoms with Gasteiger partial charge in [-0.2, -0.15) is 24.9 Å². The first-order valence-electron chi connectivity index (χ1n) is 13.2. The van der Waals surface area contributed by atoms with Crippen molar-refractivity contribution in [2.45, 2.75) is 30.7 Å². The summed E-state index contributed by atoms with van der Waals surface area (Å²) in [7, 11) is 0. The molecule has 3 aliphatic heterocycles. The summed E-state index contributed by atoms with van der Waals surface area (Å²) in [6.45, 7) is 0.127. The van der Waals surface area contributed by atoms with Crippen LogP contribution in [0.25, 0.3) is 0 Å². The minimum absolute atomic E-state index is 0.127. The molecule has 0 saturated carbocycles. The summed E-state index contributed by atoms with van der Waals surface area (Å²) >= 11 is 13.9. The lowest BCUT2D eigenvalue weighted by molar-refractivity contribution is -0.137. The number of imide groups is 1. The van der Waals surface area contributed by atoms with E-state index in [1.54, 1.807) is 59.1 Å². The van der Waals surface area contributed by atoms with Gasteiger partial charge >= 0.3 is 6.18 Å². The molecule has 1 N–H and O–H groups in total. The summed E-state index contributed by atoms with van der Waals surface area (Å²) in [5, 5.41) is 4.11. The van der Waals surface area contributed by atoms with Crippen LogP contribution in [0.3, 0.4) is 0 Å². The van der Waals surface area contributed by atoms with Crippen LogP contribution in [0.2, 0.25) is 10.0 Å². The summed E-state index contributed by atoms with van der Waals surface area (Å²) in [6, 6.07) is 15.7. The molecule has 6 rings (SSSR count). The Hall–Kier alpha value is -3.05. The number of amides is 3. The molecule has 0 aromatic heterocycles. The van der Waals surface area contributed by atoms with Crippen molar-refractivity contribution < 1.29 is 27.6 Å². The predicted molar refractivity (Wildman–Crippen MR) is 157 cm³/mol. The topological polar surface area (TPSA) is 69.7 Å². The highest BCUT2D eigenvalue weighted by atomic mass is 35.5. The lowest BCUT2D eigenvalue weighted by Gasteiger charge is -2.31. The fraction of sp³-hybridized carbons (Fsp3) is 0.300. The Morgan fingerprint density at radius 1 is 0.952 bits per heavy atom. The Balaban J connectivity index is 1.46. The molecule has 42 heavy (non-hydrogen) atoms. The van der Waals surface area contributed by atoms with Crippen molar-refractivity contribution in [2.75, 3.05) is 21.8 Å².